The van der Waals surface area contributed by atoms with E-state index < -0.39 is 0 Å². The fourth-order valence-corrected chi connectivity index (χ4v) is 5.46. The first kappa shape index (κ1) is 18.5. The van der Waals surface area contributed by atoms with Crippen molar-refractivity contribution in [3.63, 3.8) is 0 Å². The minimum Gasteiger partial charge on any atom is -0.369 e. The molecule has 3 unspecified atom stereocenters. The summed E-state index contributed by atoms with van der Waals surface area (Å²) in [5.74, 6) is 2.28. The Morgan fingerprint density at radius 1 is 1.11 bits per heavy atom. The fourth-order valence-electron chi connectivity index (χ4n) is 5.46. The van der Waals surface area contributed by atoms with E-state index >= 15 is 0 Å². The minimum absolute atomic E-state index is 0.0257. The molecule has 0 radical (unpaired) electrons. The van der Waals surface area contributed by atoms with Crippen LogP contribution in [0.5, 0.6) is 0 Å². The predicted molar refractivity (Wildman–Crippen MR) is 106 cm³/mol. The number of hydrogen-bond acceptors (Lipinski definition) is 3. The molecule has 3 fully saturated rings. The first-order chi connectivity index (χ1) is 13.1. The summed E-state index contributed by atoms with van der Waals surface area (Å²) in [6.07, 6.45) is 7.65. The maximum atomic E-state index is 12.5. The quantitative estimate of drug-likeness (QED) is 0.809. The highest BCUT2D eigenvalue weighted by molar-refractivity contribution is 5.91. The first-order valence-electron chi connectivity index (χ1n) is 10.5. The fraction of sp³-hybridized carbons (Fsp3) is 0.636. The van der Waals surface area contributed by atoms with Gasteiger partial charge in [-0.05, 0) is 80.6 Å². The molecule has 2 saturated carbocycles. The van der Waals surface area contributed by atoms with Crippen LogP contribution in [0.1, 0.15) is 50.5 Å². The molecule has 3 aliphatic rings. The van der Waals surface area contributed by atoms with Crippen molar-refractivity contribution < 1.29 is 9.59 Å². The van der Waals surface area contributed by atoms with Gasteiger partial charge in [0.15, 0.2) is 0 Å². The lowest BCUT2D eigenvalue weighted by atomic mass is 9.86. The zero-order chi connectivity index (χ0) is 18.8. The van der Waals surface area contributed by atoms with E-state index in [9.17, 15) is 9.59 Å². The molecule has 3 atom stereocenters. The van der Waals surface area contributed by atoms with E-state index in [0.29, 0.717) is 12.3 Å². The summed E-state index contributed by atoms with van der Waals surface area (Å²) in [6.45, 7) is 2.64. The van der Waals surface area contributed by atoms with Gasteiger partial charge in [0.05, 0.1) is 0 Å². The number of hydrogen-bond donors (Lipinski definition) is 2. The summed E-state index contributed by atoms with van der Waals surface area (Å²) in [5, 5.41) is 3.11. The zero-order valence-corrected chi connectivity index (χ0v) is 16.0. The molecular weight excluding hydrogens is 338 g/mol. The Labute approximate surface area is 161 Å². The third-order valence-electron chi connectivity index (χ3n) is 6.94. The monoisotopic (exact) mass is 369 g/mol. The smallest absolute Gasteiger partial charge is 0.224 e. The lowest BCUT2D eigenvalue weighted by Crippen LogP contribution is -2.38. The molecule has 2 amide bonds. The number of carbonyl (C=O) groups is 2. The van der Waals surface area contributed by atoms with Gasteiger partial charge in [0.25, 0.3) is 0 Å². The molecule has 5 nitrogen and oxygen atoms in total. The van der Waals surface area contributed by atoms with Crippen molar-refractivity contribution in [2.75, 3.05) is 18.4 Å². The van der Waals surface area contributed by atoms with Gasteiger partial charge in [0.2, 0.25) is 11.8 Å². The molecule has 0 spiro atoms. The summed E-state index contributed by atoms with van der Waals surface area (Å²) in [4.78, 5) is 26.1. The van der Waals surface area contributed by atoms with Crippen LogP contribution >= 0.6 is 0 Å². The van der Waals surface area contributed by atoms with Gasteiger partial charge in [-0.15, -0.1) is 0 Å². The molecule has 4 rings (SSSR count). The number of benzene rings is 1. The number of nitrogens with zero attached hydrogens (tertiary/aromatic N) is 1. The zero-order valence-electron chi connectivity index (χ0n) is 16.0. The van der Waals surface area contributed by atoms with Crippen LogP contribution in [0.15, 0.2) is 24.3 Å². The van der Waals surface area contributed by atoms with Crippen molar-refractivity contribution in [3.05, 3.63) is 29.8 Å². The molecule has 2 aliphatic carbocycles. The summed E-state index contributed by atoms with van der Waals surface area (Å²) in [5.41, 5.74) is 7.51. The molecule has 1 aromatic rings. The number of carbonyl (C=O) groups excluding carboxylic acids is 2. The van der Waals surface area contributed by atoms with Crippen molar-refractivity contribution in [1.82, 2.24) is 4.90 Å². The van der Waals surface area contributed by atoms with Gasteiger partial charge in [-0.3, -0.25) is 14.5 Å². The Morgan fingerprint density at radius 2 is 1.93 bits per heavy atom. The lowest BCUT2D eigenvalue weighted by molar-refractivity contribution is -0.123. The number of nitrogens with one attached hydrogen (secondary N) is 1. The second-order valence-corrected chi connectivity index (χ2v) is 8.84. The van der Waals surface area contributed by atoms with E-state index in [1.54, 1.807) is 0 Å². The maximum absolute atomic E-state index is 12.5. The predicted octanol–water partition coefficient (Wildman–Crippen LogP) is 3.15. The first-order valence-corrected chi connectivity index (χ1v) is 10.5. The average Bonchev–Trinajstić information content (AvgIpc) is 3.25. The van der Waals surface area contributed by atoms with Crippen LogP contribution in [0, 0.1) is 23.7 Å². The van der Waals surface area contributed by atoms with E-state index in [0.717, 1.165) is 50.0 Å². The number of piperidine rings is 1. The van der Waals surface area contributed by atoms with Crippen LogP contribution < -0.4 is 11.1 Å². The average molecular weight is 370 g/mol. The number of nitrogens with two attached hydrogens (primary N) is 1. The molecule has 1 aromatic carbocycles. The second-order valence-electron chi connectivity index (χ2n) is 8.84. The topological polar surface area (TPSA) is 75.4 Å². The van der Waals surface area contributed by atoms with E-state index in [4.69, 9.17) is 5.73 Å². The number of rotatable bonds is 6. The van der Waals surface area contributed by atoms with Gasteiger partial charge < -0.3 is 11.1 Å². The van der Waals surface area contributed by atoms with Gasteiger partial charge in [0.1, 0.15) is 0 Å². The van der Waals surface area contributed by atoms with Crippen LogP contribution in [0.25, 0.3) is 0 Å². The number of likely N-dealkylation sites (tertiary alicyclic amines) is 1. The molecule has 0 aromatic heterocycles. The highest BCUT2D eigenvalue weighted by Crippen LogP contribution is 2.49. The molecule has 1 aliphatic heterocycles. The van der Waals surface area contributed by atoms with Gasteiger partial charge in [-0.1, -0.05) is 18.6 Å². The Kier molecular flexibility index (Phi) is 5.48. The van der Waals surface area contributed by atoms with Crippen LogP contribution in [0.4, 0.5) is 5.69 Å². The van der Waals surface area contributed by atoms with Crippen LogP contribution in [-0.2, 0) is 16.1 Å². The Morgan fingerprint density at radius 3 is 2.59 bits per heavy atom. The van der Waals surface area contributed by atoms with Gasteiger partial charge in [-0.2, -0.15) is 0 Å². The van der Waals surface area contributed by atoms with Crippen LogP contribution in [-0.4, -0.2) is 29.8 Å². The van der Waals surface area contributed by atoms with Crippen LogP contribution in [0.3, 0.4) is 0 Å². The summed E-state index contributed by atoms with van der Waals surface area (Å²) >= 11 is 0. The molecule has 2 bridgehead atoms. The highest BCUT2D eigenvalue weighted by atomic mass is 16.2. The second kappa shape index (κ2) is 8.01. The number of anilines is 1. The Bertz CT molecular complexity index is 697. The summed E-state index contributed by atoms with van der Waals surface area (Å²) in [7, 11) is 0. The minimum atomic E-state index is -0.171. The summed E-state index contributed by atoms with van der Waals surface area (Å²) < 4.78 is 0. The van der Waals surface area contributed by atoms with E-state index in [1.165, 1.54) is 31.2 Å². The number of fused-ring (bicyclic) bond motifs is 2. The molecule has 5 heteroatoms. The highest BCUT2D eigenvalue weighted by Gasteiger charge is 2.40. The summed E-state index contributed by atoms with van der Waals surface area (Å²) in [6, 6.07) is 8.17. The lowest BCUT2D eigenvalue weighted by Gasteiger charge is -2.30. The van der Waals surface area contributed by atoms with Crippen molar-refractivity contribution in [2.45, 2.75) is 51.5 Å². The number of amides is 2. The SMILES string of the molecule is NC(=O)C1CCN(Cc2cccc(NC(=O)CC3CC4CCC3C4)c2)CC1. The van der Waals surface area contributed by atoms with Crippen LogP contribution in [0.2, 0.25) is 0 Å². The Hall–Kier alpha value is -1.88. The van der Waals surface area contributed by atoms with Gasteiger partial charge in [-0.25, -0.2) is 0 Å². The van der Waals surface area contributed by atoms with Crippen molar-refractivity contribution in [2.24, 2.45) is 29.4 Å². The molecular formula is C22H31N3O2. The normalized spacial score (nSPS) is 28.4. The van der Waals surface area contributed by atoms with Crippen molar-refractivity contribution >= 4 is 17.5 Å². The van der Waals surface area contributed by atoms with Crippen molar-refractivity contribution in [1.29, 1.82) is 0 Å². The molecule has 1 saturated heterocycles. The third-order valence-corrected chi connectivity index (χ3v) is 6.94. The largest absolute Gasteiger partial charge is 0.369 e. The van der Waals surface area contributed by atoms with E-state index in [2.05, 4.69) is 22.3 Å². The molecule has 146 valence electrons. The van der Waals surface area contributed by atoms with Crippen molar-refractivity contribution in [3.8, 4) is 0 Å². The molecule has 27 heavy (non-hydrogen) atoms. The molecule has 3 N–H and O–H groups in total. The maximum Gasteiger partial charge on any atom is 0.224 e. The van der Waals surface area contributed by atoms with Gasteiger partial charge in [0, 0.05) is 24.6 Å². The molecule has 1 heterocycles. The van der Waals surface area contributed by atoms with Gasteiger partial charge >= 0.3 is 0 Å². The van der Waals surface area contributed by atoms with E-state index in [-0.39, 0.29) is 17.7 Å². The van der Waals surface area contributed by atoms with E-state index in [1.807, 2.05) is 12.1 Å². The standard InChI is InChI=1S/C22H31N3O2/c23-22(27)17-6-8-25(9-7-17)14-16-2-1-3-20(12-16)24-21(26)13-19-11-15-4-5-18(19)10-15/h1-3,12,15,17-19H,4-11,13-14H2,(H2,23,27)(H,24,26). The third kappa shape index (κ3) is 4.52. The number of primary amides is 1. The Balaban J connectivity index is 1.27.